The average molecular weight is 289 g/mol. The SMILES string of the molecule is O=C(O)[C@@H]1COC2(CCCCC2)N1C(=O)c1ccccc1. The van der Waals surface area contributed by atoms with Crippen LogP contribution in [0.1, 0.15) is 42.5 Å². The van der Waals surface area contributed by atoms with E-state index < -0.39 is 17.7 Å². The number of benzene rings is 1. The lowest BCUT2D eigenvalue weighted by Gasteiger charge is -2.41. The summed E-state index contributed by atoms with van der Waals surface area (Å²) in [6.45, 7) is 0.0773. The van der Waals surface area contributed by atoms with E-state index in [0.29, 0.717) is 5.56 Å². The van der Waals surface area contributed by atoms with Crippen LogP contribution in [-0.4, -0.2) is 40.3 Å². The Morgan fingerprint density at radius 1 is 1.14 bits per heavy atom. The molecule has 5 nitrogen and oxygen atoms in total. The van der Waals surface area contributed by atoms with Gasteiger partial charge in [-0.05, 0) is 37.8 Å². The molecule has 3 rings (SSSR count). The molecule has 1 saturated heterocycles. The lowest BCUT2D eigenvalue weighted by Crippen LogP contribution is -2.54. The van der Waals surface area contributed by atoms with Crippen LogP contribution in [0.3, 0.4) is 0 Å². The molecule has 5 heteroatoms. The van der Waals surface area contributed by atoms with Gasteiger partial charge < -0.3 is 9.84 Å². The quantitative estimate of drug-likeness (QED) is 0.907. The van der Waals surface area contributed by atoms with Crippen molar-refractivity contribution in [2.45, 2.75) is 43.9 Å². The number of carboxylic acids is 1. The summed E-state index contributed by atoms with van der Waals surface area (Å²) in [5.41, 5.74) is -0.215. The molecule has 1 aromatic carbocycles. The first-order chi connectivity index (χ1) is 10.1. The Kier molecular flexibility index (Phi) is 3.68. The number of aliphatic carboxylic acids is 1. The van der Waals surface area contributed by atoms with Crippen LogP contribution in [0, 0.1) is 0 Å². The summed E-state index contributed by atoms with van der Waals surface area (Å²) in [5.74, 6) is -1.25. The lowest BCUT2D eigenvalue weighted by atomic mass is 9.89. The molecule has 0 radical (unpaired) electrons. The van der Waals surface area contributed by atoms with E-state index in [9.17, 15) is 14.7 Å². The predicted octanol–water partition coefficient (Wildman–Crippen LogP) is 2.27. The first kappa shape index (κ1) is 14.1. The van der Waals surface area contributed by atoms with Gasteiger partial charge in [-0.1, -0.05) is 24.6 Å². The minimum atomic E-state index is -0.998. The van der Waals surface area contributed by atoms with E-state index >= 15 is 0 Å². The molecule has 21 heavy (non-hydrogen) atoms. The highest BCUT2D eigenvalue weighted by atomic mass is 16.5. The van der Waals surface area contributed by atoms with Crippen molar-refractivity contribution in [1.29, 1.82) is 0 Å². The summed E-state index contributed by atoms with van der Waals surface area (Å²) < 4.78 is 5.83. The normalized spacial score (nSPS) is 24.2. The molecule has 112 valence electrons. The second kappa shape index (κ2) is 5.48. The number of nitrogens with zero attached hydrogens (tertiary/aromatic N) is 1. The number of carbonyl (C=O) groups is 2. The van der Waals surface area contributed by atoms with Gasteiger partial charge in [-0.3, -0.25) is 9.69 Å². The molecule has 1 saturated carbocycles. The second-order valence-corrected chi connectivity index (χ2v) is 5.71. The maximum Gasteiger partial charge on any atom is 0.328 e. The molecule has 0 aromatic heterocycles. The van der Waals surface area contributed by atoms with Crippen molar-refractivity contribution < 1.29 is 19.4 Å². The van der Waals surface area contributed by atoms with Crippen molar-refractivity contribution in [1.82, 2.24) is 4.90 Å². The summed E-state index contributed by atoms with van der Waals surface area (Å²) in [4.78, 5) is 25.8. The molecule has 2 fully saturated rings. The van der Waals surface area contributed by atoms with Gasteiger partial charge in [0.25, 0.3) is 5.91 Å². The topological polar surface area (TPSA) is 66.8 Å². The van der Waals surface area contributed by atoms with E-state index in [1.807, 2.05) is 6.07 Å². The molecule has 1 aliphatic carbocycles. The first-order valence-corrected chi connectivity index (χ1v) is 7.39. The van der Waals surface area contributed by atoms with Crippen LogP contribution in [-0.2, 0) is 9.53 Å². The Morgan fingerprint density at radius 2 is 1.81 bits per heavy atom. The number of hydrogen-bond acceptors (Lipinski definition) is 3. The van der Waals surface area contributed by atoms with Crippen LogP contribution < -0.4 is 0 Å². The fraction of sp³-hybridized carbons (Fsp3) is 0.500. The second-order valence-electron chi connectivity index (χ2n) is 5.71. The highest BCUT2D eigenvalue weighted by molar-refractivity contribution is 5.97. The first-order valence-electron chi connectivity index (χ1n) is 7.39. The van der Waals surface area contributed by atoms with E-state index in [0.717, 1.165) is 32.1 Å². The van der Waals surface area contributed by atoms with E-state index in [1.54, 1.807) is 24.3 Å². The van der Waals surface area contributed by atoms with Crippen molar-refractivity contribution in [3.8, 4) is 0 Å². The number of hydrogen-bond donors (Lipinski definition) is 1. The molecule has 1 amide bonds. The third-order valence-corrected chi connectivity index (χ3v) is 4.42. The third-order valence-electron chi connectivity index (χ3n) is 4.42. The lowest BCUT2D eigenvalue weighted by molar-refractivity contribution is -0.143. The van der Waals surface area contributed by atoms with E-state index in [2.05, 4.69) is 0 Å². The number of carboxylic acid groups (broad SMARTS) is 1. The Bertz CT molecular complexity index is 536. The van der Waals surface area contributed by atoms with Crippen LogP contribution in [0.25, 0.3) is 0 Å². The van der Waals surface area contributed by atoms with Crippen molar-refractivity contribution in [3.05, 3.63) is 35.9 Å². The Labute approximate surface area is 123 Å². The highest BCUT2D eigenvalue weighted by Gasteiger charge is 2.53. The molecule has 0 unspecified atom stereocenters. The molecule has 1 atom stereocenters. The minimum Gasteiger partial charge on any atom is -0.480 e. The summed E-state index contributed by atoms with van der Waals surface area (Å²) in [6.07, 6.45) is 4.47. The van der Waals surface area contributed by atoms with Gasteiger partial charge in [0.2, 0.25) is 0 Å². The van der Waals surface area contributed by atoms with Gasteiger partial charge in [0.05, 0.1) is 6.61 Å². The van der Waals surface area contributed by atoms with Gasteiger partial charge in [-0.25, -0.2) is 4.79 Å². The molecular weight excluding hydrogens is 270 g/mol. The minimum absolute atomic E-state index is 0.0773. The van der Waals surface area contributed by atoms with Crippen LogP contribution in [0.15, 0.2) is 30.3 Å². The van der Waals surface area contributed by atoms with Gasteiger partial charge in [0.1, 0.15) is 5.72 Å². The Morgan fingerprint density at radius 3 is 2.43 bits per heavy atom. The van der Waals surface area contributed by atoms with Crippen LogP contribution in [0.5, 0.6) is 0 Å². The smallest absolute Gasteiger partial charge is 0.328 e. The number of carbonyl (C=O) groups excluding carboxylic acids is 1. The van der Waals surface area contributed by atoms with Gasteiger partial charge in [-0.15, -0.1) is 0 Å². The van der Waals surface area contributed by atoms with Gasteiger partial charge in [-0.2, -0.15) is 0 Å². The molecule has 1 aliphatic heterocycles. The summed E-state index contributed by atoms with van der Waals surface area (Å²) in [7, 11) is 0. The molecule has 1 N–H and O–H groups in total. The summed E-state index contributed by atoms with van der Waals surface area (Å²) in [5, 5.41) is 9.42. The number of ether oxygens (including phenoxy) is 1. The predicted molar refractivity (Wildman–Crippen MR) is 75.8 cm³/mol. The fourth-order valence-electron chi connectivity index (χ4n) is 3.38. The zero-order valence-corrected chi connectivity index (χ0v) is 11.8. The number of rotatable bonds is 2. The summed E-state index contributed by atoms with van der Waals surface area (Å²) in [6, 6.07) is 7.95. The fourth-order valence-corrected chi connectivity index (χ4v) is 3.38. The van der Waals surface area contributed by atoms with Crippen molar-refractivity contribution >= 4 is 11.9 Å². The molecule has 1 spiro atoms. The van der Waals surface area contributed by atoms with Gasteiger partial charge in [0.15, 0.2) is 6.04 Å². The van der Waals surface area contributed by atoms with Crippen molar-refractivity contribution in [3.63, 3.8) is 0 Å². The van der Waals surface area contributed by atoms with Crippen LogP contribution in [0.4, 0.5) is 0 Å². The Balaban J connectivity index is 1.96. The number of amides is 1. The van der Waals surface area contributed by atoms with Crippen LogP contribution >= 0.6 is 0 Å². The molecule has 1 heterocycles. The van der Waals surface area contributed by atoms with Crippen molar-refractivity contribution in [2.24, 2.45) is 0 Å². The maximum atomic E-state index is 12.8. The zero-order chi connectivity index (χ0) is 14.9. The Hall–Kier alpha value is -1.88. The molecule has 0 bridgehead atoms. The van der Waals surface area contributed by atoms with E-state index in [4.69, 9.17) is 4.74 Å². The third kappa shape index (κ3) is 2.42. The van der Waals surface area contributed by atoms with E-state index in [-0.39, 0.29) is 12.5 Å². The van der Waals surface area contributed by atoms with Crippen molar-refractivity contribution in [2.75, 3.05) is 6.61 Å². The standard InChI is InChI=1S/C16H19NO4/c18-14(12-7-3-1-4-8-12)17-13(15(19)20)11-21-16(17)9-5-2-6-10-16/h1,3-4,7-8,13H,2,5-6,9-11H2,(H,19,20)/t13-/m0/s1. The molecular formula is C16H19NO4. The van der Waals surface area contributed by atoms with E-state index in [1.165, 1.54) is 4.90 Å². The van der Waals surface area contributed by atoms with Gasteiger partial charge in [0, 0.05) is 5.56 Å². The van der Waals surface area contributed by atoms with Gasteiger partial charge >= 0.3 is 5.97 Å². The average Bonchev–Trinajstić information content (AvgIpc) is 2.87. The monoisotopic (exact) mass is 289 g/mol. The molecule has 1 aromatic rings. The largest absolute Gasteiger partial charge is 0.480 e. The highest BCUT2D eigenvalue weighted by Crippen LogP contribution is 2.41. The molecule has 2 aliphatic rings. The summed E-state index contributed by atoms with van der Waals surface area (Å²) >= 11 is 0. The maximum absolute atomic E-state index is 12.8. The van der Waals surface area contributed by atoms with Crippen LogP contribution in [0.2, 0.25) is 0 Å². The zero-order valence-electron chi connectivity index (χ0n) is 11.8.